The number of anilines is 3. The van der Waals surface area contributed by atoms with Crippen molar-refractivity contribution in [3.63, 3.8) is 0 Å². The molecule has 0 spiro atoms. The Kier molecular flexibility index (Phi) is 9.26. The minimum absolute atomic E-state index is 1.09. The van der Waals surface area contributed by atoms with Crippen molar-refractivity contribution in [1.82, 2.24) is 0 Å². The van der Waals surface area contributed by atoms with Gasteiger partial charge in [0, 0.05) is 17.1 Å². The molecule has 11 rings (SSSR count). The number of rotatable bonds is 8. The largest absolute Gasteiger partial charge is 0.310 e. The van der Waals surface area contributed by atoms with Crippen LogP contribution in [0.3, 0.4) is 0 Å². The molecule has 0 N–H and O–H groups in total. The van der Waals surface area contributed by atoms with Gasteiger partial charge in [-0.05, 0) is 130 Å². The summed E-state index contributed by atoms with van der Waals surface area (Å²) in [5.41, 5.74) is 15.3. The molecule has 0 aliphatic heterocycles. The van der Waals surface area contributed by atoms with Gasteiger partial charge in [0.2, 0.25) is 0 Å². The zero-order chi connectivity index (χ0) is 40.5. The third-order valence-corrected chi connectivity index (χ3v) is 12.1. The van der Waals surface area contributed by atoms with Crippen LogP contribution in [0.1, 0.15) is 0 Å². The van der Waals surface area contributed by atoms with Crippen LogP contribution in [-0.2, 0) is 0 Å². The van der Waals surface area contributed by atoms with E-state index in [0.717, 1.165) is 17.1 Å². The quantitative estimate of drug-likeness (QED) is 0.139. The number of hydrogen-bond donors (Lipinski definition) is 0. The van der Waals surface area contributed by atoms with Crippen molar-refractivity contribution < 1.29 is 0 Å². The molecule has 0 radical (unpaired) electrons. The van der Waals surface area contributed by atoms with Crippen LogP contribution in [0.15, 0.2) is 249 Å². The van der Waals surface area contributed by atoms with Crippen LogP contribution in [-0.4, -0.2) is 0 Å². The molecule has 1 heteroatoms. The van der Waals surface area contributed by atoms with Gasteiger partial charge in [0.05, 0.1) is 0 Å². The van der Waals surface area contributed by atoms with Crippen LogP contribution in [0.5, 0.6) is 0 Å². The Hall–Kier alpha value is -8.00. The summed E-state index contributed by atoms with van der Waals surface area (Å²) in [6.45, 7) is 0. The normalized spacial score (nSPS) is 11.3. The van der Waals surface area contributed by atoms with E-state index in [-0.39, 0.29) is 0 Å². The minimum atomic E-state index is 1.09. The standard InChI is InChI=1S/C60H41N/c1-3-13-42(14-4-1)44-25-27-46(28-26-44)47-33-36-52(37-34-47)61(53-20-11-18-50(39-53)48-31-29-45(30-32-48)43-15-5-2-6-16-43)54-21-12-19-51(40-54)59-41-60-55-22-8-7-17-49(55)35-38-58(60)56-23-9-10-24-57(56)59/h1-41H. The molecule has 11 aromatic rings. The zero-order valence-electron chi connectivity index (χ0n) is 33.6. The van der Waals surface area contributed by atoms with Gasteiger partial charge in [-0.25, -0.2) is 0 Å². The highest BCUT2D eigenvalue weighted by Crippen LogP contribution is 2.42. The van der Waals surface area contributed by atoms with Gasteiger partial charge in [-0.3, -0.25) is 0 Å². The van der Waals surface area contributed by atoms with Crippen LogP contribution in [0.25, 0.3) is 88.0 Å². The second-order valence-corrected chi connectivity index (χ2v) is 15.7. The second-order valence-electron chi connectivity index (χ2n) is 15.7. The average Bonchev–Trinajstić information content (AvgIpc) is 3.35. The lowest BCUT2D eigenvalue weighted by Crippen LogP contribution is -2.10. The van der Waals surface area contributed by atoms with Gasteiger partial charge in [-0.2, -0.15) is 0 Å². The van der Waals surface area contributed by atoms with Gasteiger partial charge >= 0.3 is 0 Å². The molecule has 0 fully saturated rings. The third kappa shape index (κ3) is 6.93. The van der Waals surface area contributed by atoms with Crippen LogP contribution < -0.4 is 4.90 Å². The van der Waals surface area contributed by atoms with Crippen molar-refractivity contribution in [1.29, 1.82) is 0 Å². The van der Waals surface area contributed by atoms with E-state index in [9.17, 15) is 0 Å². The topological polar surface area (TPSA) is 3.24 Å². The van der Waals surface area contributed by atoms with E-state index in [1.165, 1.54) is 88.0 Å². The monoisotopic (exact) mass is 775 g/mol. The first-order valence-corrected chi connectivity index (χ1v) is 21.0. The fraction of sp³-hybridized carbons (Fsp3) is 0. The lowest BCUT2D eigenvalue weighted by molar-refractivity contribution is 1.28. The fourth-order valence-corrected chi connectivity index (χ4v) is 8.96. The van der Waals surface area contributed by atoms with Gasteiger partial charge in [-0.1, -0.05) is 206 Å². The maximum absolute atomic E-state index is 2.40. The van der Waals surface area contributed by atoms with Crippen molar-refractivity contribution >= 4 is 49.4 Å². The molecule has 11 aromatic carbocycles. The molecule has 0 unspecified atom stereocenters. The van der Waals surface area contributed by atoms with Crippen LogP contribution >= 0.6 is 0 Å². The Labute approximate surface area is 357 Å². The summed E-state index contributed by atoms with van der Waals surface area (Å²) in [6, 6.07) is 90.4. The first-order chi connectivity index (χ1) is 30.2. The predicted octanol–water partition coefficient (Wildman–Crippen LogP) is 17.0. The highest BCUT2D eigenvalue weighted by atomic mass is 15.1. The molecule has 0 bridgehead atoms. The van der Waals surface area contributed by atoms with Crippen molar-refractivity contribution in [2.45, 2.75) is 0 Å². The molecule has 0 amide bonds. The minimum Gasteiger partial charge on any atom is -0.310 e. The molecular formula is C60H41N. The highest BCUT2D eigenvalue weighted by molar-refractivity contribution is 6.21. The van der Waals surface area contributed by atoms with E-state index in [4.69, 9.17) is 0 Å². The average molecular weight is 776 g/mol. The molecule has 0 aliphatic rings. The second kappa shape index (κ2) is 15.6. The summed E-state index contributed by atoms with van der Waals surface area (Å²) >= 11 is 0. The van der Waals surface area contributed by atoms with Crippen molar-refractivity contribution in [2.75, 3.05) is 4.90 Å². The number of fused-ring (bicyclic) bond motifs is 5. The fourth-order valence-electron chi connectivity index (χ4n) is 8.96. The Morgan fingerprint density at radius 1 is 0.197 bits per heavy atom. The summed E-state index contributed by atoms with van der Waals surface area (Å²) in [5, 5.41) is 7.58. The molecule has 0 aliphatic carbocycles. The molecule has 0 saturated heterocycles. The van der Waals surface area contributed by atoms with Crippen LogP contribution in [0.4, 0.5) is 17.1 Å². The van der Waals surface area contributed by atoms with E-state index in [0.29, 0.717) is 0 Å². The summed E-state index contributed by atoms with van der Waals surface area (Å²) in [4.78, 5) is 2.40. The molecule has 0 saturated carbocycles. The maximum atomic E-state index is 2.40. The van der Waals surface area contributed by atoms with E-state index in [1.54, 1.807) is 0 Å². The summed E-state index contributed by atoms with van der Waals surface area (Å²) in [5.74, 6) is 0. The predicted molar refractivity (Wildman–Crippen MR) is 261 cm³/mol. The van der Waals surface area contributed by atoms with E-state index >= 15 is 0 Å². The molecule has 0 aromatic heterocycles. The number of benzene rings is 11. The zero-order valence-corrected chi connectivity index (χ0v) is 33.6. The van der Waals surface area contributed by atoms with Crippen molar-refractivity contribution in [3.05, 3.63) is 249 Å². The first-order valence-electron chi connectivity index (χ1n) is 21.0. The summed E-state index contributed by atoms with van der Waals surface area (Å²) < 4.78 is 0. The summed E-state index contributed by atoms with van der Waals surface area (Å²) in [7, 11) is 0. The van der Waals surface area contributed by atoms with E-state index in [1.807, 2.05) is 0 Å². The molecule has 286 valence electrons. The van der Waals surface area contributed by atoms with Gasteiger partial charge < -0.3 is 4.90 Å². The maximum Gasteiger partial charge on any atom is 0.0467 e. The molecule has 0 heterocycles. The van der Waals surface area contributed by atoms with Gasteiger partial charge in [0.1, 0.15) is 0 Å². The SMILES string of the molecule is c1ccc(-c2ccc(-c3ccc(N(c4cccc(-c5ccc(-c6ccccc6)cc5)c4)c4cccc(-c5cc6c7ccccc7ccc6c6ccccc56)c4)cc3)cc2)cc1. The van der Waals surface area contributed by atoms with E-state index < -0.39 is 0 Å². The molecule has 1 nitrogen and oxygen atoms in total. The van der Waals surface area contributed by atoms with Crippen LogP contribution in [0, 0.1) is 0 Å². The van der Waals surface area contributed by atoms with Gasteiger partial charge in [0.15, 0.2) is 0 Å². The van der Waals surface area contributed by atoms with E-state index in [2.05, 4.69) is 254 Å². The first kappa shape index (κ1) is 36.1. The Bertz CT molecular complexity index is 3310. The van der Waals surface area contributed by atoms with Crippen molar-refractivity contribution in [2.24, 2.45) is 0 Å². The molecular weight excluding hydrogens is 735 g/mol. The Morgan fingerprint density at radius 3 is 1.20 bits per heavy atom. The van der Waals surface area contributed by atoms with Crippen molar-refractivity contribution in [3.8, 4) is 55.6 Å². The van der Waals surface area contributed by atoms with Gasteiger partial charge in [0.25, 0.3) is 0 Å². The number of nitrogens with zero attached hydrogens (tertiary/aromatic N) is 1. The highest BCUT2D eigenvalue weighted by Gasteiger charge is 2.17. The molecule has 61 heavy (non-hydrogen) atoms. The lowest BCUT2D eigenvalue weighted by atomic mass is 9.91. The Balaban J connectivity index is 1.02. The molecule has 0 atom stereocenters. The van der Waals surface area contributed by atoms with Crippen LogP contribution in [0.2, 0.25) is 0 Å². The van der Waals surface area contributed by atoms with Gasteiger partial charge in [-0.15, -0.1) is 0 Å². The third-order valence-electron chi connectivity index (χ3n) is 12.1. The summed E-state index contributed by atoms with van der Waals surface area (Å²) in [6.07, 6.45) is 0. The lowest BCUT2D eigenvalue weighted by Gasteiger charge is -2.27. The Morgan fingerprint density at radius 2 is 0.607 bits per heavy atom. The smallest absolute Gasteiger partial charge is 0.0467 e. The number of hydrogen-bond acceptors (Lipinski definition) is 1.